The summed E-state index contributed by atoms with van der Waals surface area (Å²) in [6.45, 7) is 3.69. The van der Waals surface area contributed by atoms with E-state index in [1.807, 2.05) is 53.4 Å². The third kappa shape index (κ3) is 3.64. The summed E-state index contributed by atoms with van der Waals surface area (Å²) in [6.07, 6.45) is 0. The summed E-state index contributed by atoms with van der Waals surface area (Å²) in [4.78, 5) is 18.0. The summed E-state index contributed by atoms with van der Waals surface area (Å²) in [5.74, 6) is 0.107. The van der Waals surface area contributed by atoms with Crippen LogP contribution in [0.15, 0.2) is 84.9 Å². The van der Waals surface area contributed by atoms with Crippen molar-refractivity contribution in [3.63, 3.8) is 0 Å². The zero-order valence-electron chi connectivity index (χ0n) is 17.0. The van der Waals surface area contributed by atoms with Gasteiger partial charge >= 0.3 is 0 Å². The number of carbonyl (C=O) groups is 1. The highest BCUT2D eigenvalue weighted by Gasteiger charge is 2.38. The molecular weight excluding hydrogens is 372 g/mol. The van der Waals surface area contributed by atoms with Crippen molar-refractivity contribution in [1.82, 2.24) is 9.80 Å². The highest BCUT2D eigenvalue weighted by molar-refractivity contribution is 6.01. The van der Waals surface area contributed by atoms with E-state index in [-0.39, 0.29) is 18.0 Å². The maximum atomic E-state index is 13.5. The Balaban J connectivity index is 1.36. The van der Waals surface area contributed by atoms with E-state index in [1.54, 1.807) is 0 Å². The molecule has 30 heavy (non-hydrogen) atoms. The standard InChI is InChI=1S/C26H26N2O2/c29-26(24-14-8-7-13-23(24)20-9-3-1-4-10-20)27-15-16-28-22(17-27)18-30-19-25(28)21-11-5-2-6-12-21/h1-14,22,25H,15-19H2/t22-,25-/m1/s1. The van der Waals surface area contributed by atoms with Gasteiger partial charge in [0.25, 0.3) is 5.91 Å². The zero-order chi connectivity index (χ0) is 20.3. The normalized spacial score (nSPS) is 21.8. The Morgan fingerprint density at radius 2 is 1.50 bits per heavy atom. The van der Waals surface area contributed by atoms with Gasteiger partial charge in [0.2, 0.25) is 0 Å². The number of carbonyl (C=O) groups excluding carboxylic acids is 1. The van der Waals surface area contributed by atoms with Crippen LogP contribution in [0.4, 0.5) is 0 Å². The van der Waals surface area contributed by atoms with Crippen LogP contribution >= 0.6 is 0 Å². The van der Waals surface area contributed by atoms with Crippen molar-refractivity contribution in [3.05, 3.63) is 96.1 Å². The van der Waals surface area contributed by atoms with Crippen molar-refractivity contribution >= 4 is 5.91 Å². The highest BCUT2D eigenvalue weighted by Crippen LogP contribution is 2.31. The van der Waals surface area contributed by atoms with Crippen LogP contribution in [0, 0.1) is 0 Å². The van der Waals surface area contributed by atoms with Crippen molar-refractivity contribution in [3.8, 4) is 11.1 Å². The molecule has 0 aromatic heterocycles. The molecule has 2 saturated heterocycles. The highest BCUT2D eigenvalue weighted by atomic mass is 16.5. The molecule has 2 heterocycles. The Kier molecular flexibility index (Phi) is 5.35. The maximum absolute atomic E-state index is 13.5. The van der Waals surface area contributed by atoms with E-state index in [9.17, 15) is 4.79 Å². The van der Waals surface area contributed by atoms with Gasteiger partial charge in [-0.3, -0.25) is 9.69 Å². The smallest absolute Gasteiger partial charge is 0.254 e. The van der Waals surface area contributed by atoms with Crippen LogP contribution in [0.2, 0.25) is 0 Å². The number of hydrogen-bond acceptors (Lipinski definition) is 3. The molecule has 1 amide bonds. The van der Waals surface area contributed by atoms with Crippen molar-refractivity contribution in [1.29, 1.82) is 0 Å². The number of nitrogens with zero attached hydrogens (tertiary/aromatic N) is 2. The number of ether oxygens (including phenoxy) is 1. The monoisotopic (exact) mass is 398 g/mol. The molecule has 3 aromatic rings. The fraction of sp³-hybridized carbons (Fsp3) is 0.269. The molecule has 0 aliphatic carbocycles. The third-order valence-corrected chi connectivity index (χ3v) is 6.23. The molecule has 0 saturated carbocycles. The zero-order valence-corrected chi connectivity index (χ0v) is 17.0. The number of fused-ring (bicyclic) bond motifs is 1. The first kappa shape index (κ1) is 19.0. The molecule has 0 unspecified atom stereocenters. The van der Waals surface area contributed by atoms with Gasteiger partial charge < -0.3 is 9.64 Å². The van der Waals surface area contributed by atoms with E-state index in [0.29, 0.717) is 19.8 Å². The number of rotatable bonds is 3. The minimum Gasteiger partial charge on any atom is -0.378 e. The van der Waals surface area contributed by atoms with Gasteiger partial charge in [0.05, 0.1) is 25.3 Å². The first-order valence-electron chi connectivity index (χ1n) is 10.6. The van der Waals surface area contributed by atoms with Crippen LogP contribution in [0.1, 0.15) is 22.0 Å². The van der Waals surface area contributed by atoms with Gasteiger partial charge in [0.15, 0.2) is 0 Å². The summed E-state index contributed by atoms with van der Waals surface area (Å²) in [6, 6.07) is 29.1. The Morgan fingerprint density at radius 1 is 0.800 bits per heavy atom. The molecule has 0 N–H and O–H groups in total. The first-order valence-corrected chi connectivity index (χ1v) is 10.6. The molecule has 3 aromatic carbocycles. The Labute approximate surface area is 177 Å². The number of piperazine rings is 1. The summed E-state index contributed by atoms with van der Waals surface area (Å²) >= 11 is 0. The lowest BCUT2D eigenvalue weighted by Crippen LogP contribution is -2.60. The number of morpholine rings is 1. The van der Waals surface area contributed by atoms with Crippen LogP contribution in [0.3, 0.4) is 0 Å². The van der Waals surface area contributed by atoms with E-state index < -0.39 is 0 Å². The molecule has 4 heteroatoms. The average Bonchev–Trinajstić information content (AvgIpc) is 2.84. The molecule has 2 fully saturated rings. The van der Waals surface area contributed by atoms with E-state index in [0.717, 1.165) is 29.8 Å². The minimum absolute atomic E-state index is 0.107. The van der Waals surface area contributed by atoms with Crippen LogP contribution in [0.5, 0.6) is 0 Å². The Bertz CT molecular complexity index is 1010. The largest absolute Gasteiger partial charge is 0.378 e. The van der Waals surface area contributed by atoms with Gasteiger partial charge in [-0.15, -0.1) is 0 Å². The molecule has 2 atom stereocenters. The molecular formula is C26H26N2O2. The second-order valence-corrected chi connectivity index (χ2v) is 8.02. The van der Waals surface area contributed by atoms with Crippen LogP contribution in [0.25, 0.3) is 11.1 Å². The van der Waals surface area contributed by atoms with Crippen molar-refractivity contribution in [2.24, 2.45) is 0 Å². The number of hydrogen-bond donors (Lipinski definition) is 0. The van der Waals surface area contributed by atoms with Gasteiger partial charge in [-0.1, -0.05) is 78.9 Å². The number of benzene rings is 3. The van der Waals surface area contributed by atoms with Crippen molar-refractivity contribution < 1.29 is 9.53 Å². The van der Waals surface area contributed by atoms with Crippen LogP contribution in [-0.2, 0) is 4.74 Å². The lowest BCUT2D eigenvalue weighted by molar-refractivity contribution is -0.0770. The predicted molar refractivity (Wildman–Crippen MR) is 118 cm³/mol. The van der Waals surface area contributed by atoms with Crippen LogP contribution in [-0.4, -0.2) is 54.6 Å². The molecule has 4 nitrogen and oxygen atoms in total. The topological polar surface area (TPSA) is 32.8 Å². The van der Waals surface area contributed by atoms with E-state index in [2.05, 4.69) is 41.3 Å². The molecule has 152 valence electrons. The predicted octanol–water partition coefficient (Wildman–Crippen LogP) is 4.25. The average molecular weight is 399 g/mol. The SMILES string of the molecule is O=C(c1ccccc1-c1ccccc1)N1CCN2[C@@H](COC[C@@H]2c2ccccc2)C1. The number of amides is 1. The van der Waals surface area contributed by atoms with Gasteiger partial charge in [-0.2, -0.15) is 0 Å². The maximum Gasteiger partial charge on any atom is 0.254 e. The van der Waals surface area contributed by atoms with Crippen LogP contribution < -0.4 is 0 Å². The lowest BCUT2D eigenvalue weighted by atomic mass is 9.97. The van der Waals surface area contributed by atoms with Gasteiger partial charge in [-0.05, 0) is 22.8 Å². The molecule has 2 aliphatic rings. The molecule has 0 spiro atoms. The van der Waals surface area contributed by atoms with E-state index in [1.165, 1.54) is 5.56 Å². The van der Waals surface area contributed by atoms with E-state index >= 15 is 0 Å². The van der Waals surface area contributed by atoms with Gasteiger partial charge in [-0.25, -0.2) is 0 Å². The van der Waals surface area contributed by atoms with E-state index in [4.69, 9.17) is 4.74 Å². The summed E-state index contributed by atoms with van der Waals surface area (Å²) in [7, 11) is 0. The third-order valence-electron chi connectivity index (χ3n) is 6.23. The fourth-order valence-electron chi connectivity index (χ4n) is 4.70. The molecule has 2 aliphatic heterocycles. The van der Waals surface area contributed by atoms with Crippen molar-refractivity contribution in [2.45, 2.75) is 12.1 Å². The summed E-state index contributed by atoms with van der Waals surface area (Å²) in [5.41, 5.74) is 4.13. The quantitative estimate of drug-likeness (QED) is 0.661. The second kappa shape index (κ2) is 8.42. The lowest BCUT2D eigenvalue weighted by Gasteiger charge is -2.48. The first-order chi connectivity index (χ1) is 14.8. The minimum atomic E-state index is 0.107. The summed E-state index contributed by atoms with van der Waals surface area (Å²) in [5, 5.41) is 0. The second-order valence-electron chi connectivity index (χ2n) is 8.02. The van der Waals surface area contributed by atoms with Gasteiger partial charge in [0, 0.05) is 25.2 Å². The molecule has 5 rings (SSSR count). The molecule has 0 bridgehead atoms. The molecule has 0 radical (unpaired) electrons. The Hall–Kier alpha value is -2.95. The Morgan fingerprint density at radius 3 is 2.30 bits per heavy atom. The summed E-state index contributed by atoms with van der Waals surface area (Å²) < 4.78 is 5.95. The van der Waals surface area contributed by atoms with Crippen molar-refractivity contribution in [2.75, 3.05) is 32.8 Å². The van der Waals surface area contributed by atoms with Gasteiger partial charge in [0.1, 0.15) is 0 Å². The fourth-order valence-corrected chi connectivity index (χ4v) is 4.70.